The van der Waals surface area contributed by atoms with E-state index in [0.717, 1.165) is 23.2 Å². The monoisotopic (exact) mass is 412 g/mol. The van der Waals surface area contributed by atoms with Crippen LogP contribution in [0.25, 0.3) is 0 Å². The molecule has 8 nitrogen and oxygen atoms in total. The van der Waals surface area contributed by atoms with Gasteiger partial charge < -0.3 is 5.32 Å². The van der Waals surface area contributed by atoms with E-state index in [0.29, 0.717) is 25.9 Å². The van der Waals surface area contributed by atoms with Gasteiger partial charge >= 0.3 is 18.1 Å². The summed E-state index contributed by atoms with van der Waals surface area (Å²) in [5, 5.41) is 2.80. The Bertz CT molecular complexity index is 845. The number of likely N-dealkylation sites (tertiary alicyclic amines) is 1. The third-order valence-electron chi connectivity index (χ3n) is 5.11. The van der Waals surface area contributed by atoms with Gasteiger partial charge in [-0.15, -0.1) is 0 Å². The van der Waals surface area contributed by atoms with Crippen LogP contribution in [0.5, 0.6) is 0 Å². The number of carbonyl (C=O) groups excluding carboxylic acids is 3. The van der Waals surface area contributed by atoms with Crippen LogP contribution >= 0.6 is 0 Å². The summed E-state index contributed by atoms with van der Waals surface area (Å²) >= 11 is 0. The highest BCUT2D eigenvalue weighted by Crippen LogP contribution is 2.27. The lowest BCUT2D eigenvalue weighted by atomic mass is 10.0. The predicted molar refractivity (Wildman–Crippen MR) is 95.5 cm³/mol. The molecule has 1 unspecified atom stereocenters. The lowest BCUT2D eigenvalue weighted by molar-refractivity contribution is -0.401. The van der Waals surface area contributed by atoms with Crippen LogP contribution in [-0.2, 0) is 11.0 Å². The van der Waals surface area contributed by atoms with Crippen molar-refractivity contribution in [1.29, 1.82) is 0 Å². The zero-order chi connectivity index (χ0) is 21.3. The number of hydrogen-bond donors (Lipinski definition) is 1. The van der Waals surface area contributed by atoms with Crippen molar-refractivity contribution >= 4 is 24.1 Å². The molecule has 1 atom stereocenters. The maximum Gasteiger partial charge on any atom is 0.500 e. The van der Waals surface area contributed by atoms with E-state index in [1.807, 2.05) is 4.90 Å². The van der Waals surface area contributed by atoms with Crippen LogP contribution in [-0.4, -0.2) is 82.7 Å². The SMILES string of the molecule is CN1C(=O)C(N2CCC(NC(=O)c3ccc(C(F)(F)F)nc3)CC2)C=[N+](C)C1=O. The van der Waals surface area contributed by atoms with Crippen molar-refractivity contribution in [2.45, 2.75) is 31.1 Å². The van der Waals surface area contributed by atoms with Gasteiger partial charge in [0.2, 0.25) is 0 Å². The van der Waals surface area contributed by atoms with Crippen LogP contribution in [0.1, 0.15) is 28.9 Å². The summed E-state index contributed by atoms with van der Waals surface area (Å²) < 4.78 is 39.1. The van der Waals surface area contributed by atoms with E-state index >= 15 is 0 Å². The highest BCUT2D eigenvalue weighted by molar-refractivity contribution is 6.06. The van der Waals surface area contributed by atoms with Gasteiger partial charge in [0.25, 0.3) is 5.91 Å². The number of urea groups is 1. The van der Waals surface area contributed by atoms with Crippen molar-refractivity contribution in [2.24, 2.45) is 0 Å². The van der Waals surface area contributed by atoms with Gasteiger partial charge in [0.1, 0.15) is 11.9 Å². The van der Waals surface area contributed by atoms with Gasteiger partial charge in [-0.1, -0.05) is 0 Å². The fourth-order valence-electron chi connectivity index (χ4n) is 3.41. The van der Waals surface area contributed by atoms with Crippen molar-refractivity contribution in [2.75, 3.05) is 27.2 Å². The van der Waals surface area contributed by atoms with E-state index in [1.165, 1.54) is 11.6 Å². The predicted octanol–water partition coefficient (Wildman–Crippen LogP) is 0.968. The molecule has 0 radical (unpaired) electrons. The van der Waals surface area contributed by atoms with E-state index in [4.69, 9.17) is 0 Å². The number of carbonyl (C=O) groups is 3. The zero-order valence-corrected chi connectivity index (χ0v) is 15.9. The molecule has 11 heteroatoms. The van der Waals surface area contributed by atoms with E-state index < -0.39 is 29.9 Å². The lowest BCUT2D eigenvalue weighted by Gasteiger charge is -2.36. The molecule has 156 valence electrons. The minimum absolute atomic E-state index is 0.0537. The Balaban J connectivity index is 1.57. The number of nitrogens with one attached hydrogen (secondary N) is 1. The Hall–Kier alpha value is -2.82. The molecule has 1 saturated heterocycles. The molecule has 1 N–H and O–H groups in total. The minimum Gasteiger partial charge on any atom is -0.349 e. The second kappa shape index (κ2) is 7.90. The quantitative estimate of drug-likeness (QED) is 0.748. The summed E-state index contributed by atoms with van der Waals surface area (Å²) in [6, 6.07) is 0.767. The molecule has 0 spiro atoms. The number of amides is 4. The molecule has 0 saturated carbocycles. The molecular formula is C18H21F3N5O3+. The number of aromatic nitrogens is 1. The number of piperidine rings is 1. The number of halogens is 3. The van der Waals surface area contributed by atoms with E-state index in [9.17, 15) is 27.6 Å². The Labute approximate surface area is 165 Å². The second-order valence-electron chi connectivity index (χ2n) is 7.10. The third-order valence-corrected chi connectivity index (χ3v) is 5.11. The highest BCUT2D eigenvalue weighted by Gasteiger charge is 2.42. The summed E-state index contributed by atoms with van der Waals surface area (Å²) in [4.78, 5) is 42.8. The summed E-state index contributed by atoms with van der Waals surface area (Å²) in [6.07, 6.45) is -0.928. The minimum atomic E-state index is -4.55. The molecule has 0 bridgehead atoms. The number of imide groups is 1. The molecule has 4 amide bonds. The molecular weight excluding hydrogens is 391 g/mol. The number of hydrogen-bond acceptors (Lipinski definition) is 5. The molecule has 2 aliphatic heterocycles. The van der Waals surface area contributed by atoms with Crippen LogP contribution < -0.4 is 5.32 Å². The first kappa shape index (κ1) is 20.9. The van der Waals surface area contributed by atoms with Crippen LogP contribution in [0.4, 0.5) is 18.0 Å². The van der Waals surface area contributed by atoms with Gasteiger partial charge in [-0.2, -0.15) is 22.9 Å². The van der Waals surface area contributed by atoms with Crippen LogP contribution in [0.2, 0.25) is 0 Å². The number of alkyl halides is 3. The first-order valence-electron chi connectivity index (χ1n) is 9.05. The van der Waals surface area contributed by atoms with Crippen LogP contribution in [0, 0.1) is 0 Å². The van der Waals surface area contributed by atoms with Gasteiger partial charge in [0, 0.05) is 25.3 Å². The molecule has 29 heavy (non-hydrogen) atoms. The standard InChI is InChI=1S/C18H20F3N5O3/c1-24-10-13(16(28)25(2)17(24)29)26-7-5-12(6-8-26)23-15(27)11-3-4-14(22-9-11)18(19,20)21/h3-4,9-10,12-13H,5-8H2,1-2H3/p+1. The Morgan fingerprint density at radius 3 is 2.45 bits per heavy atom. The van der Waals surface area contributed by atoms with Gasteiger partial charge in [-0.3, -0.25) is 14.7 Å². The average Bonchev–Trinajstić information content (AvgIpc) is 2.69. The Morgan fingerprint density at radius 2 is 1.90 bits per heavy atom. The van der Waals surface area contributed by atoms with Gasteiger partial charge in [0.05, 0.1) is 19.7 Å². The Morgan fingerprint density at radius 1 is 1.24 bits per heavy atom. The number of likely N-dealkylation sites (N-methyl/N-ethyl adjacent to an activating group) is 1. The molecule has 1 aromatic rings. The summed E-state index contributed by atoms with van der Waals surface area (Å²) in [5.41, 5.74) is -0.998. The number of nitrogens with zero attached hydrogens (tertiary/aromatic N) is 4. The first-order valence-corrected chi connectivity index (χ1v) is 9.05. The molecule has 1 aromatic heterocycles. The van der Waals surface area contributed by atoms with Crippen LogP contribution in [0.15, 0.2) is 18.3 Å². The molecule has 3 heterocycles. The Kier molecular flexibility index (Phi) is 5.69. The first-order chi connectivity index (χ1) is 13.6. The van der Waals surface area contributed by atoms with E-state index in [1.54, 1.807) is 13.3 Å². The van der Waals surface area contributed by atoms with E-state index in [-0.39, 0.29) is 17.5 Å². The summed E-state index contributed by atoms with van der Waals surface area (Å²) in [5.74, 6) is -0.790. The summed E-state index contributed by atoms with van der Waals surface area (Å²) in [7, 11) is 3.02. The molecule has 0 aliphatic carbocycles. The average molecular weight is 412 g/mol. The molecule has 2 aliphatic rings. The van der Waals surface area contributed by atoms with Gasteiger partial charge in [0.15, 0.2) is 6.04 Å². The van der Waals surface area contributed by atoms with Crippen LogP contribution in [0.3, 0.4) is 0 Å². The van der Waals surface area contributed by atoms with Crippen molar-refractivity contribution in [3.63, 3.8) is 0 Å². The smallest absolute Gasteiger partial charge is 0.349 e. The second-order valence-corrected chi connectivity index (χ2v) is 7.10. The number of pyridine rings is 1. The maximum atomic E-state index is 12.6. The van der Waals surface area contributed by atoms with E-state index in [2.05, 4.69) is 10.3 Å². The van der Waals surface area contributed by atoms with Crippen molar-refractivity contribution in [3.05, 3.63) is 29.6 Å². The molecule has 1 fully saturated rings. The summed E-state index contributed by atoms with van der Waals surface area (Å²) in [6.45, 7) is 1.05. The maximum absolute atomic E-state index is 12.6. The highest BCUT2D eigenvalue weighted by atomic mass is 19.4. The molecule has 0 aromatic carbocycles. The van der Waals surface area contributed by atoms with Crippen molar-refractivity contribution < 1.29 is 32.1 Å². The van der Waals surface area contributed by atoms with Gasteiger partial charge in [-0.25, -0.2) is 9.37 Å². The van der Waals surface area contributed by atoms with Crippen molar-refractivity contribution in [1.82, 2.24) is 20.1 Å². The number of rotatable bonds is 3. The fraction of sp³-hybridized carbons (Fsp3) is 0.500. The van der Waals surface area contributed by atoms with Crippen molar-refractivity contribution in [3.8, 4) is 0 Å². The normalized spacial score (nSPS) is 21.9. The van der Waals surface area contributed by atoms with Gasteiger partial charge in [-0.05, 0) is 25.0 Å². The largest absolute Gasteiger partial charge is 0.500 e. The third kappa shape index (κ3) is 4.44. The fourth-order valence-corrected chi connectivity index (χ4v) is 3.41. The lowest BCUT2D eigenvalue weighted by Crippen LogP contribution is -2.59. The zero-order valence-electron chi connectivity index (χ0n) is 15.9. The topological polar surface area (TPSA) is 85.6 Å². The molecule has 3 rings (SSSR count).